The van der Waals surface area contributed by atoms with Gasteiger partial charge in [-0.25, -0.2) is 4.98 Å². The number of nitrogens with one attached hydrogen (secondary N) is 1. The van der Waals surface area contributed by atoms with Crippen molar-refractivity contribution >= 4 is 38.5 Å². The van der Waals surface area contributed by atoms with Crippen LogP contribution in [0.5, 0.6) is 0 Å². The van der Waals surface area contributed by atoms with E-state index in [0.717, 1.165) is 32.1 Å². The molecule has 0 amide bonds. The topological polar surface area (TPSA) is 45.8 Å². The Bertz CT molecular complexity index is 707. The molecule has 0 saturated heterocycles. The van der Waals surface area contributed by atoms with Gasteiger partial charge in [-0.1, -0.05) is 28.1 Å². The van der Waals surface area contributed by atoms with E-state index in [1.54, 1.807) is 0 Å². The molecule has 0 radical (unpaired) electrons. The fourth-order valence-corrected chi connectivity index (χ4v) is 3.05. The van der Waals surface area contributed by atoms with Crippen LogP contribution in [0.1, 0.15) is 30.0 Å². The largest absolute Gasteiger partial charge is 0.306 e. The van der Waals surface area contributed by atoms with Gasteiger partial charge in [0.2, 0.25) is 0 Å². The summed E-state index contributed by atoms with van der Waals surface area (Å²) in [6.45, 7) is 2.04. The number of benzene rings is 1. The van der Waals surface area contributed by atoms with Gasteiger partial charge in [0.1, 0.15) is 5.82 Å². The Balaban J connectivity index is 2.14. The molecule has 98 valence electrons. The van der Waals surface area contributed by atoms with Crippen LogP contribution in [-0.4, -0.2) is 9.97 Å². The lowest BCUT2D eigenvalue weighted by molar-refractivity contribution is 0.958. The molecule has 2 aromatic rings. The van der Waals surface area contributed by atoms with Gasteiger partial charge in [0.25, 0.3) is 5.56 Å². The van der Waals surface area contributed by atoms with Crippen molar-refractivity contribution < 1.29 is 0 Å². The second-order valence-corrected chi connectivity index (χ2v) is 6.79. The summed E-state index contributed by atoms with van der Waals surface area (Å²) in [7, 11) is 0. The third kappa shape index (κ3) is 2.63. The van der Waals surface area contributed by atoms with E-state index in [9.17, 15) is 4.79 Å². The highest BCUT2D eigenvalue weighted by atomic mass is 127. The van der Waals surface area contributed by atoms with Gasteiger partial charge in [-0.2, -0.15) is 0 Å². The Kier molecular flexibility index (Phi) is 3.51. The van der Waals surface area contributed by atoms with E-state index in [1.807, 2.05) is 25.1 Å². The predicted octanol–water partition coefficient (Wildman–Crippen LogP) is 3.99. The summed E-state index contributed by atoms with van der Waals surface area (Å²) < 4.78 is 1.76. The van der Waals surface area contributed by atoms with E-state index in [0.29, 0.717) is 11.7 Å². The first-order valence-corrected chi connectivity index (χ1v) is 7.99. The molecule has 1 N–H and O–H groups in total. The zero-order valence-electron chi connectivity index (χ0n) is 10.3. The van der Waals surface area contributed by atoms with E-state index >= 15 is 0 Å². The molecular weight excluding hydrogens is 419 g/mol. The van der Waals surface area contributed by atoms with Gasteiger partial charge in [-0.15, -0.1) is 0 Å². The van der Waals surface area contributed by atoms with Crippen molar-refractivity contribution in [3.63, 3.8) is 0 Å². The minimum Gasteiger partial charge on any atom is -0.306 e. The quantitative estimate of drug-likeness (QED) is 0.732. The van der Waals surface area contributed by atoms with Crippen LogP contribution in [-0.2, 0) is 0 Å². The average molecular weight is 431 g/mol. The standard InChI is InChI=1S/C14H12BrIN2O/c1-7-2-3-9(6-10(7)15)13-17-12(8-4-5-8)11(16)14(19)18-13/h2-3,6,8H,4-5H2,1H3,(H,17,18,19). The van der Waals surface area contributed by atoms with Crippen LogP contribution in [0.3, 0.4) is 0 Å². The number of hydrogen-bond acceptors (Lipinski definition) is 2. The predicted molar refractivity (Wildman–Crippen MR) is 87.4 cm³/mol. The van der Waals surface area contributed by atoms with Gasteiger partial charge in [0.15, 0.2) is 0 Å². The third-order valence-corrected chi connectivity index (χ3v) is 5.19. The number of aryl methyl sites for hydroxylation is 1. The summed E-state index contributed by atoms with van der Waals surface area (Å²) in [6, 6.07) is 6.01. The second-order valence-electron chi connectivity index (χ2n) is 4.85. The molecule has 1 aromatic carbocycles. The molecule has 1 saturated carbocycles. The van der Waals surface area contributed by atoms with Gasteiger partial charge in [0.05, 0.1) is 9.26 Å². The average Bonchev–Trinajstić information content (AvgIpc) is 3.20. The molecule has 0 spiro atoms. The van der Waals surface area contributed by atoms with Crippen molar-refractivity contribution in [1.29, 1.82) is 0 Å². The van der Waals surface area contributed by atoms with E-state index in [2.05, 4.69) is 48.5 Å². The first-order valence-electron chi connectivity index (χ1n) is 6.12. The summed E-state index contributed by atoms with van der Waals surface area (Å²) in [5.41, 5.74) is 3.02. The van der Waals surface area contributed by atoms with Crippen LogP contribution in [0.2, 0.25) is 0 Å². The zero-order chi connectivity index (χ0) is 13.6. The molecule has 1 aliphatic rings. The summed E-state index contributed by atoms with van der Waals surface area (Å²) in [5.74, 6) is 1.13. The first-order chi connectivity index (χ1) is 9.06. The van der Waals surface area contributed by atoms with Crippen molar-refractivity contribution in [2.24, 2.45) is 0 Å². The maximum atomic E-state index is 12.0. The highest BCUT2D eigenvalue weighted by Gasteiger charge is 2.29. The van der Waals surface area contributed by atoms with Crippen molar-refractivity contribution in [3.8, 4) is 11.4 Å². The van der Waals surface area contributed by atoms with Gasteiger partial charge in [-0.3, -0.25) is 4.79 Å². The number of H-pyrrole nitrogens is 1. The number of nitrogens with zero attached hydrogens (tertiary/aromatic N) is 1. The summed E-state index contributed by atoms with van der Waals surface area (Å²) >= 11 is 5.61. The lowest BCUT2D eigenvalue weighted by Gasteiger charge is -2.07. The lowest BCUT2D eigenvalue weighted by atomic mass is 10.1. The van der Waals surface area contributed by atoms with Crippen molar-refractivity contribution in [3.05, 3.63) is 47.9 Å². The summed E-state index contributed by atoms with van der Waals surface area (Å²) in [6.07, 6.45) is 2.28. The molecule has 0 unspecified atom stereocenters. The molecule has 1 fully saturated rings. The minimum absolute atomic E-state index is 0.0378. The molecule has 19 heavy (non-hydrogen) atoms. The molecular formula is C14H12BrIN2O. The van der Waals surface area contributed by atoms with Crippen molar-refractivity contribution in [1.82, 2.24) is 9.97 Å². The van der Waals surface area contributed by atoms with Gasteiger partial charge in [0, 0.05) is 16.0 Å². The monoisotopic (exact) mass is 430 g/mol. The number of aromatic amines is 1. The Morgan fingerprint density at radius 2 is 2.16 bits per heavy atom. The number of hydrogen-bond donors (Lipinski definition) is 1. The molecule has 3 rings (SSSR count). The number of aromatic nitrogens is 2. The zero-order valence-corrected chi connectivity index (χ0v) is 14.1. The van der Waals surface area contributed by atoms with Gasteiger partial charge < -0.3 is 4.98 Å². The van der Waals surface area contributed by atoms with Crippen LogP contribution in [0.4, 0.5) is 0 Å². The molecule has 0 bridgehead atoms. The summed E-state index contributed by atoms with van der Waals surface area (Å²) in [4.78, 5) is 19.5. The van der Waals surface area contributed by atoms with E-state index in [-0.39, 0.29) is 5.56 Å². The Morgan fingerprint density at radius 1 is 1.42 bits per heavy atom. The molecule has 3 nitrogen and oxygen atoms in total. The fraction of sp³-hybridized carbons (Fsp3) is 0.286. The molecule has 0 atom stereocenters. The Morgan fingerprint density at radius 3 is 2.79 bits per heavy atom. The Hall–Kier alpha value is -0.690. The maximum Gasteiger partial charge on any atom is 0.264 e. The van der Waals surface area contributed by atoms with Gasteiger partial charge >= 0.3 is 0 Å². The van der Waals surface area contributed by atoms with Crippen molar-refractivity contribution in [2.75, 3.05) is 0 Å². The molecule has 1 heterocycles. The minimum atomic E-state index is -0.0378. The van der Waals surface area contributed by atoms with Crippen LogP contribution in [0.25, 0.3) is 11.4 Å². The van der Waals surface area contributed by atoms with Gasteiger partial charge in [-0.05, 0) is 54.0 Å². The van der Waals surface area contributed by atoms with Crippen LogP contribution in [0.15, 0.2) is 27.5 Å². The normalized spacial score (nSPS) is 14.7. The maximum absolute atomic E-state index is 12.0. The second kappa shape index (κ2) is 5.01. The van der Waals surface area contributed by atoms with Crippen LogP contribution >= 0.6 is 38.5 Å². The van der Waals surface area contributed by atoms with E-state index < -0.39 is 0 Å². The molecule has 0 aliphatic heterocycles. The SMILES string of the molecule is Cc1ccc(-c2nc(C3CC3)c(I)c(=O)[nH]2)cc1Br. The highest BCUT2D eigenvalue weighted by Crippen LogP contribution is 2.40. The van der Waals surface area contributed by atoms with E-state index in [4.69, 9.17) is 0 Å². The number of halogens is 2. The lowest BCUT2D eigenvalue weighted by Crippen LogP contribution is -2.16. The molecule has 5 heteroatoms. The highest BCUT2D eigenvalue weighted by molar-refractivity contribution is 14.1. The fourth-order valence-electron chi connectivity index (χ4n) is 1.98. The molecule has 1 aliphatic carbocycles. The summed E-state index contributed by atoms with van der Waals surface area (Å²) in [5, 5.41) is 0. The molecule has 1 aromatic heterocycles. The van der Waals surface area contributed by atoms with Crippen molar-refractivity contribution in [2.45, 2.75) is 25.7 Å². The third-order valence-electron chi connectivity index (χ3n) is 3.30. The smallest absolute Gasteiger partial charge is 0.264 e. The van der Waals surface area contributed by atoms with Crippen LogP contribution < -0.4 is 5.56 Å². The van der Waals surface area contributed by atoms with E-state index in [1.165, 1.54) is 5.56 Å². The van der Waals surface area contributed by atoms with Crippen LogP contribution in [0, 0.1) is 10.5 Å². The first kappa shape index (κ1) is 13.3. The Labute approximate surface area is 133 Å². The number of rotatable bonds is 2.